The summed E-state index contributed by atoms with van der Waals surface area (Å²) in [4.78, 5) is 23.8. The molecule has 2 N–H and O–H groups in total. The smallest absolute Gasteiger partial charge is 0.306 e. The van der Waals surface area contributed by atoms with E-state index in [0.717, 1.165) is 11.3 Å². The fraction of sp³-hybridized carbons (Fsp3) is 0.364. The summed E-state index contributed by atoms with van der Waals surface area (Å²) < 4.78 is 10.9. The fourth-order valence-electron chi connectivity index (χ4n) is 2.99. The Hall–Kier alpha value is -3.02. The van der Waals surface area contributed by atoms with Crippen LogP contribution in [0.1, 0.15) is 37.3 Å². The van der Waals surface area contributed by atoms with Crippen molar-refractivity contribution in [1.82, 2.24) is 5.32 Å². The summed E-state index contributed by atoms with van der Waals surface area (Å²) in [6.07, 6.45) is 0.540. The molecule has 0 aromatic heterocycles. The van der Waals surface area contributed by atoms with E-state index in [9.17, 15) is 14.7 Å². The highest BCUT2D eigenvalue weighted by Gasteiger charge is 2.31. The van der Waals surface area contributed by atoms with E-state index in [1.54, 1.807) is 38.3 Å². The first-order valence-electron chi connectivity index (χ1n) is 9.20. The van der Waals surface area contributed by atoms with Crippen LogP contribution in [0, 0.1) is 6.92 Å². The van der Waals surface area contributed by atoms with E-state index in [4.69, 9.17) is 9.47 Å². The Kier molecular flexibility index (Phi) is 7.44. The lowest BCUT2D eigenvalue weighted by Gasteiger charge is -2.30. The largest absolute Gasteiger partial charge is 0.497 e. The topological polar surface area (TPSA) is 84.9 Å². The number of amides is 1. The second kappa shape index (κ2) is 9.78. The van der Waals surface area contributed by atoms with E-state index in [0.29, 0.717) is 24.3 Å². The number of carbonyl (C=O) groups is 2. The minimum absolute atomic E-state index is 0.222. The minimum atomic E-state index is -1.03. The number of rotatable bonds is 10. The predicted octanol–water partition coefficient (Wildman–Crippen LogP) is 3.67. The van der Waals surface area contributed by atoms with Gasteiger partial charge in [0, 0.05) is 6.42 Å². The first-order chi connectivity index (χ1) is 13.3. The summed E-state index contributed by atoms with van der Waals surface area (Å²) >= 11 is 0. The van der Waals surface area contributed by atoms with Crippen LogP contribution in [0.25, 0.3) is 0 Å². The SMILES string of the molecule is COc1cccc(C(C)(CC(=O)O)NC(=O)CCCOc2ccccc2C)c1. The van der Waals surface area contributed by atoms with Crippen molar-refractivity contribution in [2.75, 3.05) is 13.7 Å². The van der Waals surface area contributed by atoms with Crippen molar-refractivity contribution in [2.24, 2.45) is 0 Å². The summed E-state index contributed by atoms with van der Waals surface area (Å²) in [7, 11) is 1.54. The lowest BCUT2D eigenvalue weighted by molar-refractivity contribution is -0.139. The molecule has 2 rings (SSSR count). The quantitative estimate of drug-likeness (QED) is 0.610. The number of para-hydroxylation sites is 1. The van der Waals surface area contributed by atoms with Crippen LogP contribution in [-0.2, 0) is 15.1 Å². The van der Waals surface area contributed by atoms with E-state index in [1.165, 1.54) is 0 Å². The van der Waals surface area contributed by atoms with Gasteiger partial charge in [-0.3, -0.25) is 9.59 Å². The molecule has 2 aromatic rings. The van der Waals surface area contributed by atoms with E-state index < -0.39 is 11.5 Å². The zero-order valence-electron chi connectivity index (χ0n) is 16.5. The van der Waals surface area contributed by atoms with Gasteiger partial charge in [-0.25, -0.2) is 0 Å². The summed E-state index contributed by atoms with van der Waals surface area (Å²) in [6.45, 7) is 4.08. The van der Waals surface area contributed by atoms with Gasteiger partial charge in [0.25, 0.3) is 0 Å². The third-order valence-corrected chi connectivity index (χ3v) is 4.53. The molecule has 1 unspecified atom stereocenters. The molecule has 1 amide bonds. The first-order valence-corrected chi connectivity index (χ1v) is 9.20. The van der Waals surface area contributed by atoms with Crippen LogP contribution in [-0.4, -0.2) is 30.7 Å². The highest BCUT2D eigenvalue weighted by atomic mass is 16.5. The lowest BCUT2D eigenvalue weighted by atomic mass is 9.88. The van der Waals surface area contributed by atoms with Gasteiger partial charge >= 0.3 is 5.97 Å². The number of hydrogen-bond acceptors (Lipinski definition) is 4. The molecule has 0 heterocycles. The Morgan fingerprint density at radius 1 is 1.14 bits per heavy atom. The fourth-order valence-corrected chi connectivity index (χ4v) is 2.99. The third kappa shape index (κ3) is 6.01. The maximum atomic E-state index is 12.5. The van der Waals surface area contributed by atoms with E-state index in [2.05, 4.69) is 5.32 Å². The molecular formula is C22H27NO5. The van der Waals surface area contributed by atoms with Crippen molar-refractivity contribution in [3.8, 4) is 11.5 Å². The van der Waals surface area contributed by atoms with Crippen LogP contribution in [0.3, 0.4) is 0 Å². The average molecular weight is 385 g/mol. The third-order valence-electron chi connectivity index (χ3n) is 4.53. The molecule has 0 aliphatic rings. The number of carboxylic acids is 1. The van der Waals surface area contributed by atoms with Crippen LogP contribution < -0.4 is 14.8 Å². The lowest BCUT2D eigenvalue weighted by Crippen LogP contribution is -2.45. The maximum absolute atomic E-state index is 12.5. The van der Waals surface area contributed by atoms with Gasteiger partial charge in [-0.1, -0.05) is 30.3 Å². The Labute approximate surface area is 165 Å². The number of methoxy groups -OCH3 is 1. The van der Waals surface area contributed by atoms with Crippen molar-refractivity contribution >= 4 is 11.9 Å². The normalized spacial score (nSPS) is 12.7. The molecule has 2 aromatic carbocycles. The number of aliphatic carboxylic acids is 1. The van der Waals surface area contributed by atoms with Crippen molar-refractivity contribution in [2.45, 2.75) is 38.6 Å². The molecule has 0 spiro atoms. The van der Waals surface area contributed by atoms with Crippen molar-refractivity contribution < 1.29 is 24.2 Å². The van der Waals surface area contributed by atoms with Crippen LogP contribution in [0.5, 0.6) is 11.5 Å². The number of nitrogens with one attached hydrogen (secondary N) is 1. The highest BCUT2D eigenvalue weighted by Crippen LogP contribution is 2.28. The summed E-state index contributed by atoms with van der Waals surface area (Å²) in [6, 6.07) is 14.8. The monoisotopic (exact) mass is 385 g/mol. The molecular weight excluding hydrogens is 358 g/mol. The molecule has 0 bridgehead atoms. The molecule has 28 heavy (non-hydrogen) atoms. The van der Waals surface area contributed by atoms with Gasteiger partial charge in [-0.05, 0) is 49.6 Å². The maximum Gasteiger partial charge on any atom is 0.306 e. The Morgan fingerprint density at radius 2 is 1.89 bits per heavy atom. The zero-order valence-corrected chi connectivity index (χ0v) is 16.5. The van der Waals surface area contributed by atoms with Crippen LogP contribution in [0.2, 0.25) is 0 Å². The molecule has 0 aliphatic heterocycles. The average Bonchev–Trinajstić information content (AvgIpc) is 2.66. The molecule has 6 heteroatoms. The van der Waals surface area contributed by atoms with Crippen molar-refractivity contribution in [3.05, 3.63) is 59.7 Å². The summed E-state index contributed by atoms with van der Waals surface area (Å²) in [5.74, 6) is 0.193. The Balaban J connectivity index is 1.96. The van der Waals surface area contributed by atoms with Gasteiger partial charge in [0.05, 0.1) is 25.7 Å². The number of benzene rings is 2. The summed E-state index contributed by atoms with van der Waals surface area (Å²) in [5, 5.41) is 12.2. The predicted molar refractivity (Wildman–Crippen MR) is 107 cm³/mol. The van der Waals surface area contributed by atoms with Gasteiger partial charge in [0.1, 0.15) is 11.5 Å². The van der Waals surface area contributed by atoms with Gasteiger partial charge in [-0.15, -0.1) is 0 Å². The van der Waals surface area contributed by atoms with Crippen LogP contribution in [0.4, 0.5) is 0 Å². The number of aryl methyl sites for hydroxylation is 1. The molecule has 0 saturated carbocycles. The second-order valence-electron chi connectivity index (χ2n) is 6.90. The van der Waals surface area contributed by atoms with Crippen LogP contribution in [0.15, 0.2) is 48.5 Å². The number of carboxylic acid groups (broad SMARTS) is 1. The number of carbonyl (C=O) groups excluding carboxylic acids is 1. The van der Waals surface area contributed by atoms with Gasteiger partial charge in [0.2, 0.25) is 5.91 Å². The van der Waals surface area contributed by atoms with Crippen LogP contribution >= 0.6 is 0 Å². The molecule has 0 radical (unpaired) electrons. The second-order valence-corrected chi connectivity index (χ2v) is 6.90. The van der Waals surface area contributed by atoms with E-state index in [1.807, 2.05) is 31.2 Å². The summed E-state index contributed by atoms with van der Waals surface area (Å²) in [5.41, 5.74) is 0.687. The number of ether oxygens (including phenoxy) is 2. The first kappa shape index (κ1) is 21.3. The van der Waals surface area contributed by atoms with Crippen molar-refractivity contribution in [1.29, 1.82) is 0 Å². The Morgan fingerprint density at radius 3 is 2.57 bits per heavy atom. The zero-order chi connectivity index (χ0) is 20.6. The van der Waals surface area contributed by atoms with E-state index in [-0.39, 0.29) is 18.7 Å². The highest BCUT2D eigenvalue weighted by molar-refractivity contribution is 5.78. The molecule has 150 valence electrons. The van der Waals surface area contributed by atoms with Gasteiger partial charge in [-0.2, -0.15) is 0 Å². The minimum Gasteiger partial charge on any atom is -0.497 e. The number of hydrogen-bond donors (Lipinski definition) is 2. The standard InChI is InChI=1S/C22H27NO5/c1-16-8-4-5-11-19(16)28-13-7-12-20(24)23-22(2,15-21(25)26)17-9-6-10-18(14-17)27-3/h4-6,8-11,14H,7,12-13,15H2,1-3H3,(H,23,24)(H,25,26). The van der Waals surface area contributed by atoms with Gasteiger partial charge in [0.15, 0.2) is 0 Å². The van der Waals surface area contributed by atoms with Gasteiger partial charge < -0.3 is 19.9 Å². The molecule has 0 fully saturated rings. The Bertz CT molecular complexity index is 820. The molecule has 6 nitrogen and oxygen atoms in total. The molecule has 1 atom stereocenters. The van der Waals surface area contributed by atoms with E-state index >= 15 is 0 Å². The molecule has 0 aliphatic carbocycles. The molecule has 0 saturated heterocycles. The van der Waals surface area contributed by atoms with Crippen molar-refractivity contribution in [3.63, 3.8) is 0 Å².